The van der Waals surface area contributed by atoms with E-state index in [2.05, 4.69) is 64.1 Å². The summed E-state index contributed by atoms with van der Waals surface area (Å²) in [4.78, 5) is 13.9. The normalized spacial score (nSPS) is 19.6. The summed E-state index contributed by atoms with van der Waals surface area (Å²) in [5, 5.41) is 0. The second kappa shape index (κ2) is 11.7. The molecule has 4 rings (SSSR count). The van der Waals surface area contributed by atoms with E-state index < -0.39 is 0 Å². The minimum absolute atomic E-state index is 0.388. The molecule has 0 aromatic heterocycles. The lowest BCUT2D eigenvalue weighted by molar-refractivity contribution is -0.120. The van der Waals surface area contributed by atoms with Gasteiger partial charge in [0.1, 0.15) is 5.78 Å². The fraction of sp³-hybridized carbons (Fsp3) is 0.606. The number of benzene rings is 2. The number of carbonyl (C=O) groups excluding carboxylic acids is 1. The van der Waals surface area contributed by atoms with E-state index in [1.165, 1.54) is 97.6 Å². The number of Topliss-reactive ketones (excluding diaryl/α,β-unsaturated/α-hetero) is 1. The molecule has 0 saturated heterocycles. The van der Waals surface area contributed by atoms with Gasteiger partial charge in [-0.15, -0.1) is 0 Å². The average Bonchev–Trinajstić information content (AvgIpc) is 2.83. The van der Waals surface area contributed by atoms with Crippen molar-refractivity contribution in [1.29, 1.82) is 0 Å². The second-order valence-electron chi connectivity index (χ2n) is 11.7. The number of ketones is 1. The van der Waals surface area contributed by atoms with Gasteiger partial charge in [-0.25, -0.2) is 0 Å². The zero-order valence-electron chi connectivity index (χ0n) is 22.2. The standard InChI is InChI=1S/C33H46O/c1-23-15-17-30(25(3)19-23)32(27-11-7-5-8-12-27)21-29(34)22-33(28-13-9-6-10-14-28)31-18-16-24(2)20-26(31)4/h15-20,27-28,32-33H,5-14,21-22H2,1-4H3. The Bertz CT molecular complexity index is 881. The Kier molecular flexibility index (Phi) is 8.67. The van der Waals surface area contributed by atoms with E-state index in [0.29, 0.717) is 29.5 Å². The molecular formula is C33H46O. The lowest BCUT2D eigenvalue weighted by Gasteiger charge is -2.34. The second-order valence-corrected chi connectivity index (χ2v) is 11.7. The molecule has 1 heteroatoms. The Balaban J connectivity index is 1.58. The summed E-state index contributed by atoms with van der Waals surface area (Å²) in [6.45, 7) is 8.86. The topological polar surface area (TPSA) is 17.1 Å². The van der Waals surface area contributed by atoms with Crippen LogP contribution in [0.4, 0.5) is 0 Å². The van der Waals surface area contributed by atoms with Crippen LogP contribution >= 0.6 is 0 Å². The Hall–Kier alpha value is -1.89. The molecule has 184 valence electrons. The van der Waals surface area contributed by atoms with Gasteiger partial charge in [-0.2, -0.15) is 0 Å². The smallest absolute Gasteiger partial charge is 0.134 e. The number of aryl methyl sites for hydroxylation is 4. The number of hydrogen-bond donors (Lipinski definition) is 0. The van der Waals surface area contributed by atoms with Gasteiger partial charge in [0.2, 0.25) is 0 Å². The summed E-state index contributed by atoms with van der Waals surface area (Å²) >= 11 is 0. The average molecular weight is 459 g/mol. The molecule has 0 bridgehead atoms. The van der Waals surface area contributed by atoms with E-state index in [-0.39, 0.29) is 0 Å². The van der Waals surface area contributed by atoms with Crippen molar-refractivity contribution >= 4 is 5.78 Å². The van der Waals surface area contributed by atoms with Crippen molar-refractivity contribution in [2.45, 2.75) is 117 Å². The zero-order valence-corrected chi connectivity index (χ0v) is 22.2. The highest BCUT2D eigenvalue weighted by Crippen LogP contribution is 2.43. The maximum atomic E-state index is 13.9. The van der Waals surface area contributed by atoms with E-state index in [9.17, 15) is 4.79 Å². The third-order valence-corrected chi connectivity index (χ3v) is 8.98. The first-order chi connectivity index (χ1) is 16.4. The van der Waals surface area contributed by atoms with Gasteiger partial charge in [-0.1, -0.05) is 86.1 Å². The molecule has 2 saturated carbocycles. The maximum absolute atomic E-state index is 13.9. The fourth-order valence-electron chi connectivity index (χ4n) is 7.19. The summed E-state index contributed by atoms with van der Waals surface area (Å²) in [5.41, 5.74) is 8.27. The third kappa shape index (κ3) is 6.21. The van der Waals surface area contributed by atoms with Gasteiger partial charge in [0.15, 0.2) is 0 Å². The van der Waals surface area contributed by atoms with Crippen LogP contribution in [0.2, 0.25) is 0 Å². The van der Waals surface area contributed by atoms with Gasteiger partial charge < -0.3 is 0 Å². The minimum atomic E-state index is 0.388. The van der Waals surface area contributed by atoms with Gasteiger partial charge in [0.25, 0.3) is 0 Å². The Morgan fingerprint density at radius 3 is 1.38 bits per heavy atom. The molecule has 2 fully saturated rings. The molecule has 2 atom stereocenters. The van der Waals surface area contributed by atoms with Crippen molar-refractivity contribution < 1.29 is 4.79 Å². The summed E-state index contributed by atoms with van der Waals surface area (Å²) in [6, 6.07) is 13.8. The van der Waals surface area contributed by atoms with E-state index >= 15 is 0 Å². The van der Waals surface area contributed by atoms with Gasteiger partial charge in [-0.3, -0.25) is 4.79 Å². The number of rotatable bonds is 8. The van der Waals surface area contributed by atoms with E-state index in [1.54, 1.807) is 0 Å². The lowest BCUT2D eigenvalue weighted by atomic mass is 9.70. The molecule has 2 aromatic rings. The van der Waals surface area contributed by atoms with Crippen molar-refractivity contribution in [3.63, 3.8) is 0 Å². The quantitative estimate of drug-likeness (QED) is 0.385. The highest BCUT2D eigenvalue weighted by atomic mass is 16.1. The lowest BCUT2D eigenvalue weighted by Crippen LogP contribution is -2.24. The molecule has 0 radical (unpaired) electrons. The van der Waals surface area contributed by atoms with Crippen LogP contribution in [0.15, 0.2) is 36.4 Å². The Labute approximate surface area is 208 Å². The monoisotopic (exact) mass is 458 g/mol. The minimum Gasteiger partial charge on any atom is -0.300 e. The van der Waals surface area contributed by atoms with Crippen molar-refractivity contribution in [2.75, 3.05) is 0 Å². The van der Waals surface area contributed by atoms with Crippen molar-refractivity contribution in [3.8, 4) is 0 Å². The zero-order chi connectivity index (χ0) is 24.1. The maximum Gasteiger partial charge on any atom is 0.134 e. The summed E-state index contributed by atoms with van der Waals surface area (Å²) in [5.74, 6) is 2.59. The van der Waals surface area contributed by atoms with Gasteiger partial charge >= 0.3 is 0 Å². The van der Waals surface area contributed by atoms with Gasteiger partial charge in [0.05, 0.1) is 0 Å². The predicted molar refractivity (Wildman–Crippen MR) is 145 cm³/mol. The van der Waals surface area contributed by atoms with Crippen molar-refractivity contribution in [1.82, 2.24) is 0 Å². The van der Waals surface area contributed by atoms with Crippen LogP contribution in [-0.4, -0.2) is 5.78 Å². The molecule has 0 amide bonds. The van der Waals surface area contributed by atoms with E-state index in [0.717, 1.165) is 12.8 Å². The first kappa shape index (κ1) is 25.2. The molecule has 0 aliphatic heterocycles. The molecule has 0 heterocycles. The number of carbonyl (C=O) groups is 1. The first-order valence-electron chi connectivity index (χ1n) is 14.1. The van der Waals surface area contributed by atoms with Crippen molar-refractivity contribution in [2.24, 2.45) is 11.8 Å². The molecule has 0 spiro atoms. The molecule has 2 aliphatic rings. The van der Waals surface area contributed by atoms with Crippen LogP contribution in [0.25, 0.3) is 0 Å². The van der Waals surface area contributed by atoms with E-state index in [1.807, 2.05) is 0 Å². The molecule has 2 unspecified atom stereocenters. The molecule has 2 aromatic carbocycles. The molecule has 34 heavy (non-hydrogen) atoms. The molecule has 2 aliphatic carbocycles. The summed E-state index contributed by atoms with van der Waals surface area (Å²) < 4.78 is 0. The molecule has 0 N–H and O–H groups in total. The third-order valence-electron chi connectivity index (χ3n) is 8.98. The van der Waals surface area contributed by atoms with Crippen LogP contribution in [0.5, 0.6) is 0 Å². The number of hydrogen-bond acceptors (Lipinski definition) is 1. The van der Waals surface area contributed by atoms with Crippen LogP contribution in [0.1, 0.15) is 122 Å². The molecular weight excluding hydrogens is 412 g/mol. The highest BCUT2D eigenvalue weighted by molar-refractivity contribution is 5.80. The van der Waals surface area contributed by atoms with E-state index in [4.69, 9.17) is 0 Å². The van der Waals surface area contributed by atoms with Crippen LogP contribution in [-0.2, 0) is 4.79 Å². The van der Waals surface area contributed by atoms with Crippen molar-refractivity contribution in [3.05, 3.63) is 69.8 Å². The predicted octanol–water partition coefficient (Wildman–Crippen LogP) is 9.30. The Morgan fingerprint density at radius 1 is 0.647 bits per heavy atom. The van der Waals surface area contributed by atoms with Crippen LogP contribution in [0.3, 0.4) is 0 Å². The molecule has 1 nitrogen and oxygen atoms in total. The van der Waals surface area contributed by atoms with Gasteiger partial charge in [-0.05, 0) is 99.3 Å². The van der Waals surface area contributed by atoms with Crippen LogP contribution in [0, 0.1) is 39.5 Å². The SMILES string of the molecule is Cc1ccc(C(CC(=O)CC(c2ccc(C)cc2C)C2CCCCC2)C2CCCCC2)c(C)c1. The Morgan fingerprint density at radius 2 is 1.03 bits per heavy atom. The fourth-order valence-corrected chi connectivity index (χ4v) is 7.19. The first-order valence-corrected chi connectivity index (χ1v) is 14.1. The highest BCUT2D eigenvalue weighted by Gasteiger charge is 2.32. The largest absolute Gasteiger partial charge is 0.300 e. The summed E-state index contributed by atoms with van der Waals surface area (Å²) in [6.07, 6.45) is 14.6. The van der Waals surface area contributed by atoms with Crippen LogP contribution < -0.4 is 0 Å². The summed E-state index contributed by atoms with van der Waals surface area (Å²) in [7, 11) is 0. The van der Waals surface area contributed by atoms with Gasteiger partial charge in [0, 0.05) is 12.8 Å².